The Morgan fingerprint density at radius 2 is 2.06 bits per heavy atom. The number of nitrogens with one attached hydrogen (secondary N) is 1. The second-order valence-corrected chi connectivity index (χ2v) is 4.97. The molecular formula is C13H17NO3S. The molecule has 2 N–H and O–H groups in total. The van der Waals surface area contributed by atoms with Gasteiger partial charge in [0, 0.05) is 11.8 Å². The van der Waals surface area contributed by atoms with Crippen LogP contribution < -0.4 is 5.32 Å². The van der Waals surface area contributed by atoms with Gasteiger partial charge in [0.15, 0.2) is 0 Å². The van der Waals surface area contributed by atoms with Crippen LogP contribution in [0.5, 0.6) is 0 Å². The first-order valence-electron chi connectivity index (χ1n) is 5.64. The number of benzene rings is 1. The fraction of sp³-hybridized carbons (Fsp3) is 0.385. The number of aromatic carboxylic acids is 1. The summed E-state index contributed by atoms with van der Waals surface area (Å²) >= 11 is 1.66. The van der Waals surface area contributed by atoms with Gasteiger partial charge in [0.2, 0.25) is 5.91 Å². The van der Waals surface area contributed by atoms with E-state index in [2.05, 4.69) is 5.32 Å². The SMILES string of the molecule is CSCC(C)NC(=O)Cc1ccccc1C(=O)O. The fourth-order valence-electron chi connectivity index (χ4n) is 1.67. The highest BCUT2D eigenvalue weighted by atomic mass is 32.2. The van der Waals surface area contributed by atoms with Crippen molar-refractivity contribution in [2.75, 3.05) is 12.0 Å². The van der Waals surface area contributed by atoms with Gasteiger partial charge in [-0.1, -0.05) is 18.2 Å². The molecule has 5 heteroatoms. The normalized spacial score (nSPS) is 11.9. The van der Waals surface area contributed by atoms with Gasteiger partial charge in [0.25, 0.3) is 0 Å². The van der Waals surface area contributed by atoms with Crippen LogP contribution >= 0.6 is 11.8 Å². The highest BCUT2D eigenvalue weighted by molar-refractivity contribution is 7.98. The van der Waals surface area contributed by atoms with E-state index in [1.807, 2.05) is 13.2 Å². The minimum atomic E-state index is -1.00. The van der Waals surface area contributed by atoms with Gasteiger partial charge in [-0.3, -0.25) is 4.79 Å². The lowest BCUT2D eigenvalue weighted by Gasteiger charge is -2.13. The lowest BCUT2D eigenvalue weighted by molar-refractivity contribution is -0.120. The second-order valence-electron chi connectivity index (χ2n) is 4.06. The van der Waals surface area contributed by atoms with Crippen LogP contribution in [0.2, 0.25) is 0 Å². The Balaban J connectivity index is 2.67. The molecule has 1 aromatic carbocycles. The highest BCUT2D eigenvalue weighted by Crippen LogP contribution is 2.09. The maximum Gasteiger partial charge on any atom is 0.335 e. The van der Waals surface area contributed by atoms with E-state index in [0.29, 0.717) is 5.56 Å². The van der Waals surface area contributed by atoms with E-state index in [1.54, 1.807) is 30.0 Å². The monoisotopic (exact) mass is 267 g/mol. The first-order chi connectivity index (χ1) is 8.54. The van der Waals surface area contributed by atoms with Gasteiger partial charge < -0.3 is 10.4 Å². The fourth-order valence-corrected chi connectivity index (χ4v) is 2.26. The number of amides is 1. The molecule has 0 spiro atoms. The van der Waals surface area contributed by atoms with Gasteiger partial charge >= 0.3 is 5.97 Å². The molecule has 0 fully saturated rings. The van der Waals surface area contributed by atoms with Crippen LogP contribution in [0.1, 0.15) is 22.8 Å². The maximum absolute atomic E-state index is 11.8. The van der Waals surface area contributed by atoms with Gasteiger partial charge in [-0.15, -0.1) is 0 Å². The molecule has 0 heterocycles. The highest BCUT2D eigenvalue weighted by Gasteiger charge is 2.13. The van der Waals surface area contributed by atoms with Crippen LogP contribution in [0.3, 0.4) is 0 Å². The van der Waals surface area contributed by atoms with Gasteiger partial charge in [0.1, 0.15) is 0 Å². The standard InChI is InChI=1S/C13H17NO3S/c1-9(8-18-2)14-12(15)7-10-5-3-4-6-11(10)13(16)17/h3-6,9H,7-8H2,1-2H3,(H,14,15)(H,16,17). The van der Waals surface area contributed by atoms with E-state index < -0.39 is 5.97 Å². The van der Waals surface area contributed by atoms with Crippen LogP contribution in [0.25, 0.3) is 0 Å². The van der Waals surface area contributed by atoms with Crippen molar-refractivity contribution >= 4 is 23.6 Å². The molecule has 0 saturated heterocycles. The zero-order chi connectivity index (χ0) is 13.5. The Hall–Kier alpha value is -1.49. The Kier molecular flexibility index (Phi) is 5.71. The largest absolute Gasteiger partial charge is 0.478 e. The molecule has 0 aliphatic rings. The summed E-state index contributed by atoms with van der Waals surface area (Å²) in [6.07, 6.45) is 2.07. The van der Waals surface area contributed by atoms with Crippen molar-refractivity contribution in [3.05, 3.63) is 35.4 Å². The molecule has 1 amide bonds. The lowest BCUT2D eigenvalue weighted by atomic mass is 10.0. The molecule has 0 radical (unpaired) electrons. The number of hydrogen-bond acceptors (Lipinski definition) is 3. The number of rotatable bonds is 6. The Labute approximate surface area is 111 Å². The number of hydrogen-bond donors (Lipinski definition) is 2. The van der Waals surface area contributed by atoms with Gasteiger partial charge in [-0.2, -0.15) is 11.8 Å². The van der Waals surface area contributed by atoms with Gasteiger partial charge in [-0.05, 0) is 24.8 Å². The van der Waals surface area contributed by atoms with E-state index in [0.717, 1.165) is 5.75 Å². The molecule has 0 saturated carbocycles. The number of carboxylic acids is 1. The molecule has 1 unspecified atom stereocenters. The molecule has 0 aliphatic carbocycles. The molecule has 1 aromatic rings. The van der Waals surface area contributed by atoms with Crippen LogP contribution in [0.15, 0.2) is 24.3 Å². The van der Waals surface area contributed by atoms with E-state index >= 15 is 0 Å². The molecule has 18 heavy (non-hydrogen) atoms. The Morgan fingerprint density at radius 3 is 2.67 bits per heavy atom. The van der Waals surface area contributed by atoms with Crippen LogP contribution in [-0.2, 0) is 11.2 Å². The van der Waals surface area contributed by atoms with Crippen molar-refractivity contribution in [3.63, 3.8) is 0 Å². The summed E-state index contributed by atoms with van der Waals surface area (Å²) in [6.45, 7) is 1.93. The molecule has 0 bridgehead atoms. The van der Waals surface area contributed by atoms with Gasteiger partial charge in [0.05, 0.1) is 12.0 Å². The summed E-state index contributed by atoms with van der Waals surface area (Å²) in [5, 5.41) is 11.9. The summed E-state index contributed by atoms with van der Waals surface area (Å²) in [5.74, 6) is -0.312. The molecule has 4 nitrogen and oxygen atoms in total. The number of carboxylic acid groups (broad SMARTS) is 1. The van der Waals surface area contributed by atoms with E-state index in [-0.39, 0.29) is 23.9 Å². The first kappa shape index (κ1) is 14.6. The minimum absolute atomic E-state index is 0.0875. The average Bonchev–Trinajstić information content (AvgIpc) is 2.29. The van der Waals surface area contributed by atoms with Crippen LogP contribution in [0.4, 0.5) is 0 Å². The quantitative estimate of drug-likeness (QED) is 0.824. The molecule has 1 rings (SSSR count). The average molecular weight is 267 g/mol. The number of thioether (sulfide) groups is 1. The predicted octanol–water partition coefficient (Wildman–Crippen LogP) is 1.80. The van der Waals surface area contributed by atoms with Crippen molar-refractivity contribution in [3.8, 4) is 0 Å². The smallest absolute Gasteiger partial charge is 0.335 e. The number of carbonyl (C=O) groups is 2. The molecule has 0 aliphatic heterocycles. The lowest BCUT2D eigenvalue weighted by Crippen LogP contribution is -2.35. The topological polar surface area (TPSA) is 66.4 Å². The second kappa shape index (κ2) is 7.06. The van der Waals surface area contributed by atoms with Crippen LogP contribution in [-0.4, -0.2) is 35.0 Å². The van der Waals surface area contributed by atoms with Crippen molar-refractivity contribution in [2.24, 2.45) is 0 Å². The van der Waals surface area contributed by atoms with E-state index in [9.17, 15) is 9.59 Å². The summed E-state index contributed by atoms with van der Waals surface area (Å²) in [6, 6.07) is 6.66. The Bertz CT molecular complexity index is 434. The summed E-state index contributed by atoms with van der Waals surface area (Å²) in [5.41, 5.74) is 0.726. The molecular weight excluding hydrogens is 250 g/mol. The summed E-state index contributed by atoms with van der Waals surface area (Å²) in [7, 11) is 0. The summed E-state index contributed by atoms with van der Waals surface area (Å²) in [4.78, 5) is 22.8. The Morgan fingerprint density at radius 1 is 1.39 bits per heavy atom. The van der Waals surface area contributed by atoms with Gasteiger partial charge in [-0.25, -0.2) is 4.79 Å². The molecule has 0 aromatic heterocycles. The van der Waals surface area contributed by atoms with Crippen molar-refractivity contribution < 1.29 is 14.7 Å². The van der Waals surface area contributed by atoms with Crippen molar-refractivity contribution in [2.45, 2.75) is 19.4 Å². The first-order valence-corrected chi connectivity index (χ1v) is 7.03. The van der Waals surface area contributed by atoms with E-state index in [4.69, 9.17) is 5.11 Å². The molecule has 1 atom stereocenters. The maximum atomic E-state index is 11.8. The molecule has 98 valence electrons. The third-order valence-corrected chi connectivity index (χ3v) is 3.26. The predicted molar refractivity (Wildman–Crippen MR) is 73.1 cm³/mol. The number of carbonyl (C=O) groups excluding carboxylic acids is 1. The minimum Gasteiger partial charge on any atom is -0.478 e. The zero-order valence-corrected chi connectivity index (χ0v) is 11.3. The third kappa shape index (κ3) is 4.41. The third-order valence-electron chi connectivity index (χ3n) is 2.42. The zero-order valence-electron chi connectivity index (χ0n) is 10.5. The van der Waals surface area contributed by atoms with Crippen molar-refractivity contribution in [1.82, 2.24) is 5.32 Å². The van der Waals surface area contributed by atoms with Crippen molar-refractivity contribution in [1.29, 1.82) is 0 Å². The summed E-state index contributed by atoms with van der Waals surface area (Å²) < 4.78 is 0. The van der Waals surface area contributed by atoms with E-state index in [1.165, 1.54) is 6.07 Å². The van der Waals surface area contributed by atoms with Crippen LogP contribution in [0, 0.1) is 0 Å².